The molecule has 0 aliphatic rings. The molecule has 2 unspecified atom stereocenters. The summed E-state index contributed by atoms with van der Waals surface area (Å²) < 4.78 is 5.64. The molecule has 0 N–H and O–H groups in total. The van der Waals surface area contributed by atoms with Crippen molar-refractivity contribution in [1.29, 1.82) is 5.26 Å². The predicted molar refractivity (Wildman–Crippen MR) is 95.5 cm³/mol. The minimum atomic E-state index is -0.742. The second-order valence-electron chi connectivity index (χ2n) is 5.87. The van der Waals surface area contributed by atoms with Gasteiger partial charge in [-0.3, -0.25) is 14.9 Å². The molecule has 2 aromatic carbocycles. The van der Waals surface area contributed by atoms with Gasteiger partial charge >= 0.3 is 0 Å². The van der Waals surface area contributed by atoms with Crippen LogP contribution in [-0.2, 0) is 4.79 Å². The number of nitrogens with zero attached hydrogens (tertiary/aromatic N) is 3. The minimum absolute atomic E-state index is 0.0166. The normalized spacial score (nSPS) is 12.5. The number of carbonyl (C=O) groups is 1. The van der Waals surface area contributed by atoms with Crippen LogP contribution >= 0.6 is 0 Å². The van der Waals surface area contributed by atoms with E-state index in [9.17, 15) is 14.9 Å². The minimum Gasteiger partial charge on any atom is -0.481 e. The van der Waals surface area contributed by atoms with E-state index in [4.69, 9.17) is 10.00 Å². The van der Waals surface area contributed by atoms with Crippen molar-refractivity contribution in [2.45, 2.75) is 26.0 Å². The molecule has 2 rings (SSSR count). The number of ether oxygens (including phenoxy) is 1. The average Bonchev–Trinajstić information content (AvgIpc) is 2.66. The van der Waals surface area contributed by atoms with E-state index < -0.39 is 11.0 Å². The van der Waals surface area contributed by atoms with Gasteiger partial charge in [-0.25, -0.2) is 0 Å². The molecule has 0 saturated heterocycles. The van der Waals surface area contributed by atoms with Crippen LogP contribution in [0.3, 0.4) is 0 Å². The van der Waals surface area contributed by atoms with E-state index in [1.807, 2.05) is 6.07 Å². The Balaban J connectivity index is 2.08. The van der Waals surface area contributed by atoms with Crippen molar-refractivity contribution in [3.8, 4) is 11.8 Å². The average molecular weight is 353 g/mol. The number of amides is 1. The second-order valence-corrected chi connectivity index (χ2v) is 5.87. The standard InChI is InChI=1S/C19H19N3O4/c1-13(16-5-4-6-17(11-16)22(24)25)21(3)19(23)14(2)26-18-9-7-15(12-20)8-10-18/h4-11,13-14H,1-3H3. The fourth-order valence-corrected chi connectivity index (χ4v) is 2.46. The number of carbonyl (C=O) groups excluding carboxylic acids is 1. The molecule has 1 amide bonds. The van der Waals surface area contributed by atoms with Crippen LogP contribution in [0, 0.1) is 21.4 Å². The van der Waals surface area contributed by atoms with Crippen molar-refractivity contribution in [2.75, 3.05) is 7.05 Å². The first-order valence-corrected chi connectivity index (χ1v) is 8.01. The molecule has 26 heavy (non-hydrogen) atoms. The maximum absolute atomic E-state index is 12.6. The molecule has 0 aliphatic heterocycles. The summed E-state index contributed by atoms with van der Waals surface area (Å²) >= 11 is 0. The zero-order chi connectivity index (χ0) is 19.3. The van der Waals surface area contributed by atoms with Crippen LogP contribution in [0.5, 0.6) is 5.75 Å². The highest BCUT2D eigenvalue weighted by Gasteiger charge is 2.24. The molecule has 7 nitrogen and oxygen atoms in total. The number of hydrogen-bond acceptors (Lipinski definition) is 5. The number of rotatable bonds is 6. The van der Waals surface area contributed by atoms with Crippen molar-refractivity contribution in [3.05, 3.63) is 69.8 Å². The Morgan fingerprint density at radius 3 is 2.46 bits per heavy atom. The lowest BCUT2D eigenvalue weighted by atomic mass is 10.1. The van der Waals surface area contributed by atoms with Gasteiger partial charge in [0.2, 0.25) is 0 Å². The van der Waals surface area contributed by atoms with E-state index >= 15 is 0 Å². The topological polar surface area (TPSA) is 96.5 Å². The first kappa shape index (κ1) is 18.9. The Labute approximate surface area is 151 Å². The van der Waals surface area contributed by atoms with Gasteiger partial charge in [0.1, 0.15) is 5.75 Å². The molecule has 2 aromatic rings. The van der Waals surface area contributed by atoms with Crippen LogP contribution < -0.4 is 4.74 Å². The summed E-state index contributed by atoms with van der Waals surface area (Å²) in [6.45, 7) is 3.43. The quantitative estimate of drug-likeness (QED) is 0.585. The molecule has 2 atom stereocenters. The molecule has 0 aliphatic carbocycles. The van der Waals surface area contributed by atoms with E-state index in [2.05, 4.69) is 0 Å². The Morgan fingerprint density at radius 2 is 1.88 bits per heavy atom. The van der Waals surface area contributed by atoms with Crippen molar-refractivity contribution < 1.29 is 14.5 Å². The molecule has 0 radical (unpaired) electrons. The Kier molecular flexibility index (Phi) is 5.91. The van der Waals surface area contributed by atoms with Gasteiger partial charge in [0, 0.05) is 19.2 Å². The SMILES string of the molecule is CC(Oc1ccc(C#N)cc1)C(=O)N(C)C(C)c1cccc([N+](=O)[O-])c1. The lowest BCUT2D eigenvalue weighted by Gasteiger charge is -2.28. The number of hydrogen-bond donors (Lipinski definition) is 0. The smallest absolute Gasteiger partial charge is 0.269 e. The lowest BCUT2D eigenvalue weighted by Crippen LogP contribution is -2.39. The first-order valence-electron chi connectivity index (χ1n) is 8.01. The molecule has 0 spiro atoms. The second kappa shape index (κ2) is 8.12. The molecule has 7 heteroatoms. The van der Waals surface area contributed by atoms with Gasteiger partial charge in [-0.05, 0) is 43.7 Å². The van der Waals surface area contributed by atoms with Crippen LogP contribution in [0.1, 0.15) is 31.0 Å². The van der Waals surface area contributed by atoms with Gasteiger partial charge < -0.3 is 9.64 Å². The van der Waals surface area contributed by atoms with Gasteiger partial charge in [-0.2, -0.15) is 5.26 Å². The Morgan fingerprint density at radius 1 is 1.23 bits per heavy atom. The third-order valence-electron chi connectivity index (χ3n) is 4.14. The molecule has 0 fully saturated rings. The van der Waals surface area contributed by atoms with Crippen molar-refractivity contribution in [1.82, 2.24) is 4.90 Å². The van der Waals surface area contributed by atoms with Crippen molar-refractivity contribution in [3.63, 3.8) is 0 Å². The van der Waals surface area contributed by atoms with Crippen LogP contribution in [0.25, 0.3) is 0 Å². The van der Waals surface area contributed by atoms with Crippen molar-refractivity contribution >= 4 is 11.6 Å². The maximum atomic E-state index is 12.6. The largest absolute Gasteiger partial charge is 0.481 e. The zero-order valence-electron chi connectivity index (χ0n) is 14.7. The third kappa shape index (κ3) is 4.36. The van der Waals surface area contributed by atoms with Crippen LogP contribution in [0.4, 0.5) is 5.69 Å². The summed E-state index contributed by atoms with van der Waals surface area (Å²) in [6, 6.07) is 14.4. The predicted octanol–water partition coefficient (Wildman–Crippen LogP) is 3.45. The molecular weight excluding hydrogens is 334 g/mol. The summed E-state index contributed by atoms with van der Waals surface area (Å²) in [5.74, 6) is 0.231. The monoisotopic (exact) mass is 353 g/mol. The summed E-state index contributed by atoms with van der Waals surface area (Å²) in [5.41, 5.74) is 1.16. The fourth-order valence-electron chi connectivity index (χ4n) is 2.46. The molecule has 0 heterocycles. The van der Waals surface area contributed by atoms with E-state index in [0.29, 0.717) is 16.9 Å². The van der Waals surface area contributed by atoms with E-state index in [0.717, 1.165) is 0 Å². The number of nitriles is 1. The van der Waals surface area contributed by atoms with Gasteiger partial charge in [0.05, 0.1) is 22.6 Å². The summed E-state index contributed by atoms with van der Waals surface area (Å²) in [6.07, 6.45) is -0.742. The first-order chi connectivity index (χ1) is 12.3. The van der Waals surface area contributed by atoms with E-state index in [1.54, 1.807) is 57.3 Å². The Hall–Kier alpha value is -3.40. The molecule has 0 saturated carbocycles. The Bertz CT molecular complexity index is 843. The number of nitro benzene ring substituents is 1. The molecule has 134 valence electrons. The number of non-ortho nitro benzene ring substituents is 1. The third-order valence-corrected chi connectivity index (χ3v) is 4.14. The zero-order valence-corrected chi connectivity index (χ0v) is 14.7. The highest BCUT2D eigenvalue weighted by molar-refractivity contribution is 5.81. The highest BCUT2D eigenvalue weighted by atomic mass is 16.6. The van der Waals surface area contributed by atoms with Gasteiger partial charge in [0.15, 0.2) is 6.10 Å². The molecule has 0 aromatic heterocycles. The molecule has 0 bridgehead atoms. The highest BCUT2D eigenvalue weighted by Crippen LogP contribution is 2.24. The summed E-state index contributed by atoms with van der Waals surface area (Å²) in [7, 11) is 1.63. The van der Waals surface area contributed by atoms with Crippen LogP contribution in [0.2, 0.25) is 0 Å². The number of nitro groups is 1. The van der Waals surface area contributed by atoms with Gasteiger partial charge in [0.25, 0.3) is 11.6 Å². The molecular formula is C19H19N3O4. The lowest BCUT2D eigenvalue weighted by molar-refractivity contribution is -0.384. The van der Waals surface area contributed by atoms with E-state index in [1.165, 1.54) is 17.0 Å². The fraction of sp³-hybridized carbons (Fsp3) is 0.263. The number of benzene rings is 2. The van der Waals surface area contributed by atoms with Gasteiger partial charge in [-0.1, -0.05) is 12.1 Å². The maximum Gasteiger partial charge on any atom is 0.269 e. The van der Waals surface area contributed by atoms with Crippen molar-refractivity contribution in [2.24, 2.45) is 0 Å². The van der Waals surface area contributed by atoms with Gasteiger partial charge in [-0.15, -0.1) is 0 Å². The van der Waals surface area contributed by atoms with Crippen LogP contribution in [0.15, 0.2) is 48.5 Å². The van der Waals surface area contributed by atoms with E-state index in [-0.39, 0.29) is 17.6 Å². The number of likely N-dealkylation sites (N-methyl/N-ethyl adjacent to an activating group) is 1. The van der Waals surface area contributed by atoms with Crippen LogP contribution in [-0.4, -0.2) is 28.9 Å². The summed E-state index contributed by atoms with van der Waals surface area (Å²) in [5, 5.41) is 19.7. The summed E-state index contributed by atoms with van der Waals surface area (Å²) in [4.78, 5) is 24.6.